The molecule has 0 radical (unpaired) electrons. The summed E-state index contributed by atoms with van der Waals surface area (Å²) in [6.07, 6.45) is 2.98. The molecular formula is C21H32ClN5O5S. The Morgan fingerprint density at radius 3 is 2.45 bits per heavy atom. The van der Waals surface area contributed by atoms with Crippen molar-refractivity contribution in [2.45, 2.75) is 63.0 Å². The molecule has 0 unspecified atom stereocenters. The van der Waals surface area contributed by atoms with E-state index in [1.54, 1.807) is 37.8 Å². The maximum Gasteiger partial charge on any atom is 0.238 e. The zero-order chi connectivity index (χ0) is 24.2. The Labute approximate surface area is 200 Å². The van der Waals surface area contributed by atoms with Crippen LogP contribution in [0.5, 0.6) is 0 Å². The van der Waals surface area contributed by atoms with E-state index in [0.717, 1.165) is 12.8 Å². The number of methoxy groups -OCH3 is 2. The van der Waals surface area contributed by atoms with Crippen LogP contribution in [0.1, 0.15) is 63.2 Å². The fourth-order valence-corrected chi connectivity index (χ4v) is 5.28. The van der Waals surface area contributed by atoms with E-state index >= 15 is 0 Å². The first-order chi connectivity index (χ1) is 15.7. The van der Waals surface area contributed by atoms with Crippen molar-refractivity contribution in [3.63, 3.8) is 0 Å². The van der Waals surface area contributed by atoms with E-state index in [-0.39, 0.29) is 43.3 Å². The molecule has 10 nitrogen and oxygen atoms in total. The fraction of sp³-hybridized carbons (Fsp3) is 0.667. The summed E-state index contributed by atoms with van der Waals surface area (Å²) in [5.74, 6) is 0.273. The van der Waals surface area contributed by atoms with Crippen LogP contribution < -0.4 is 4.72 Å². The smallest absolute Gasteiger partial charge is 0.238 e. The van der Waals surface area contributed by atoms with Crippen molar-refractivity contribution in [2.75, 3.05) is 32.2 Å². The van der Waals surface area contributed by atoms with Crippen molar-refractivity contribution in [1.82, 2.24) is 19.7 Å². The lowest BCUT2D eigenvalue weighted by molar-refractivity contribution is 0.0406. The van der Waals surface area contributed by atoms with E-state index in [9.17, 15) is 8.42 Å². The molecule has 3 rings (SSSR count). The number of nitrogens with zero attached hydrogens (tertiary/aromatic N) is 4. The van der Waals surface area contributed by atoms with Crippen LogP contribution in [0.3, 0.4) is 0 Å². The predicted octanol–water partition coefficient (Wildman–Crippen LogP) is 3.33. The SMILES string of the molecule is COCC(COC)n1c(NS(=O)(=O)[C@@H](C)[C@H](C)c2ccc(Cl)cn2)nnc1[C@@H]1CC[C@H](C)O1. The van der Waals surface area contributed by atoms with Crippen molar-refractivity contribution in [3.8, 4) is 0 Å². The molecule has 0 saturated carbocycles. The molecule has 0 bridgehead atoms. The second-order valence-corrected chi connectivity index (χ2v) is 10.8. The van der Waals surface area contributed by atoms with Gasteiger partial charge in [0.2, 0.25) is 16.0 Å². The highest BCUT2D eigenvalue weighted by atomic mass is 35.5. The maximum atomic E-state index is 13.3. The highest BCUT2D eigenvalue weighted by Crippen LogP contribution is 2.35. The molecule has 2 aromatic rings. The summed E-state index contributed by atoms with van der Waals surface area (Å²) in [7, 11) is -0.693. The standard InChI is InChI=1S/C21H32ClN5O5S/c1-13-6-9-19(32-13)20-24-25-21(27(20)17(11-30-4)12-31-5)26-33(28,29)15(3)14(2)18-8-7-16(22)10-23-18/h7-8,10,13-15,17,19H,6,9,11-12H2,1-5H3,(H,25,26)/t13-,14-,15-,19-/m0/s1. The zero-order valence-electron chi connectivity index (χ0n) is 19.6. The Balaban J connectivity index is 1.92. The van der Waals surface area contributed by atoms with E-state index in [1.165, 1.54) is 6.20 Å². The highest BCUT2D eigenvalue weighted by molar-refractivity contribution is 7.93. The van der Waals surface area contributed by atoms with Gasteiger partial charge in [-0.1, -0.05) is 18.5 Å². The highest BCUT2D eigenvalue weighted by Gasteiger charge is 2.35. The number of rotatable bonds is 11. The summed E-state index contributed by atoms with van der Waals surface area (Å²) >= 11 is 5.91. The number of ether oxygens (including phenoxy) is 3. The summed E-state index contributed by atoms with van der Waals surface area (Å²) in [5, 5.41) is 8.17. The van der Waals surface area contributed by atoms with Crippen LogP contribution in [0, 0.1) is 0 Å². The first-order valence-electron chi connectivity index (χ1n) is 10.9. The first kappa shape index (κ1) is 25.8. The molecule has 3 heterocycles. The molecule has 0 amide bonds. The summed E-state index contributed by atoms with van der Waals surface area (Å²) < 4.78 is 47.7. The van der Waals surface area contributed by atoms with E-state index in [1.807, 2.05) is 13.8 Å². The molecule has 184 valence electrons. The molecule has 1 N–H and O–H groups in total. The van der Waals surface area contributed by atoms with Gasteiger partial charge in [0.05, 0.1) is 35.6 Å². The molecule has 0 spiro atoms. The van der Waals surface area contributed by atoms with Crippen molar-refractivity contribution in [3.05, 3.63) is 34.9 Å². The Morgan fingerprint density at radius 1 is 1.21 bits per heavy atom. The Morgan fingerprint density at radius 2 is 1.91 bits per heavy atom. The van der Waals surface area contributed by atoms with E-state index in [2.05, 4.69) is 19.9 Å². The lowest BCUT2D eigenvalue weighted by Crippen LogP contribution is -2.32. The van der Waals surface area contributed by atoms with Gasteiger partial charge in [0.1, 0.15) is 6.10 Å². The molecule has 2 aromatic heterocycles. The predicted molar refractivity (Wildman–Crippen MR) is 125 cm³/mol. The van der Waals surface area contributed by atoms with Crippen molar-refractivity contribution >= 4 is 27.6 Å². The van der Waals surface area contributed by atoms with Crippen LogP contribution in [0.2, 0.25) is 5.02 Å². The van der Waals surface area contributed by atoms with Gasteiger partial charge in [0.25, 0.3) is 0 Å². The van der Waals surface area contributed by atoms with Gasteiger partial charge in [-0.2, -0.15) is 0 Å². The third-order valence-corrected chi connectivity index (χ3v) is 8.05. The molecule has 33 heavy (non-hydrogen) atoms. The quantitative estimate of drug-likeness (QED) is 0.498. The number of sulfonamides is 1. The minimum Gasteiger partial charge on any atom is -0.382 e. The molecule has 1 saturated heterocycles. The van der Waals surface area contributed by atoms with Crippen LogP contribution in [0.25, 0.3) is 0 Å². The molecule has 4 atom stereocenters. The van der Waals surface area contributed by atoms with E-state index < -0.39 is 15.3 Å². The van der Waals surface area contributed by atoms with Gasteiger partial charge in [-0.3, -0.25) is 14.3 Å². The largest absolute Gasteiger partial charge is 0.382 e. The number of aromatic nitrogens is 4. The third-order valence-electron chi connectivity index (χ3n) is 5.97. The van der Waals surface area contributed by atoms with E-state index in [4.69, 9.17) is 25.8 Å². The van der Waals surface area contributed by atoms with Crippen LogP contribution >= 0.6 is 11.6 Å². The van der Waals surface area contributed by atoms with Gasteiger partial charge in [0.15, 0.2) is 5.82 Å². The van der Waals surface area contributed by atoms with E-state index in [0.29, 0.717) is 16.5 Å². The van der Waals surface area contributed by atoms with Gasteiger partial charge in [-0.05, 0) is 38.8 Å². The van der Waals surface area contributed by atoms with Gasteiger partial charge in [-0.15, -0.1) is 10.2 Å². The van der Waals surface area contributed by atoms with Gasteiger partial charge >= 0.3 is 0 Å². The Kier molecular flexibility index (Phi) is 8.68. The molecule has 1 aliphatic heterocycles. The molecule has 0 aromatic carbocycles. The molecule has 12 heteroatoms. The van der Waals surface area contributed by atoms with Gasteiger partial charge < -0.3 is 14.2 Å². The zero-order valence-corrected chi connectivity index (χ0v) is 21.1. The molecule has 1 aliphatic rings. The summed E-state index contributed by atoms with van der Waals surface area (Å²) in [4.78, 5) is 4.27. The average Bonchev–Trinajstić information content (AvgIpc) is 3.38. The maximum absolute atomic E-state index is 13.3. The second-order valence-electron chi connectivity index (χ2n) is 8.37. The topological polar surface area (TPSA) is 117 Å². The van der Waals surface area contributed by atoms with Crippen molar-refractivity contribution in [2.24, 2.45) is 0 Å². The number of halogens is 1. The molecule has 1 fully saturated rings. The van der Waals surface area contributed by atoms with Crippen molar-refractivity contribution in [1.29, 1.82) is 0 Å². The third kappa shape index (κ3) is 6.02. The van der Waals surface area contributed by atoms with Crippen LogP contribution in [-0.2, 0) is 24.2 Å². The number of nitrogens with one attached hydrogen (secondary N) is 1. The summed E-state index contributed by atoms with van der Waals surface area (Å²) in [6.45, 7) is 6.02. The summed E-state index contributed by atoms with van der Waals surface area (Å²) in [6, 6.07) is 3.08. The summed E-state index contributed by atoms with van der Waals surface area (Å²) in [5.41, 5.74) is 0.629. The lowest BCUT2D eigenvalue weighted by atomic mass is 10.0. The minimum atomic E-state index is -3.85. The minimum absolute atomic E-state index is 0.0938. The fourth-order valence-electron chi connectivity index (χ4n) is 3.91. The van der Waals surface area contributed by atoms with Crippen LogP contribution in [-0.4, -0.2) is 67.0 Å². The first-order valence-corrected chi connectivity index (χ1v) is 12.8. The Bertz CT molecular complexity index is 1010. The molecular weight excluding hydrogens is 470 g/mol. The normalized spacial score (nSPS) is 20.8. The number of anilines is 1. The average molecular weight is 502 g/mol. The number of hydrogen-bond acceptors (Lipinski definition) is 8. The van der Waals surface area contributed by atoms with Crippen LogP contribution in [0.15, 0.2) is 18.3 Å². The number of hydrogen-bond donors (Lipinski definition) is 1. The van der Waals surface area contributed by atoms with Gasteiger partial charge in [-0.25, -0.2) is 8.42 Å². The monoisotopic (exact) mass is 501 g/mol. The lowest BCUT2D eigenvalue weighted by Gasteiger charge is -2.24. The Hall–Kier alpha value is -1.79. The number of pyridine rings is 1. The molecule has 0 aliphatic carbocycles. The van der Waals surface area contributed by atoms with Crippen molar-refractivity contribution < 1.29 is 22.6 Å². The second kappa shape index (κ2) is 11.1. The van der Waals surface area contributed by atoms with Gasteiger partial charge in [0, 0.05) is 32.0 Å². The van der Waals surface area contributed by atoms with Crippen LogP contribution in [0.4, 0.5) is 5.95 Å².